The highest BCUT2D eigenvalue weighted by molar-refractivity contribution is 5.80. The van der Waals surface area contributed by atoms with E-state index in [0.29, 0.717) is 13.2 Å². The van der Waals surface area contributed by atoms with Gasteiger partial charge in [0, 0.05) is 49.9 Å². The van der Waals surface area contributed by atoms with Crippen LogP contribution in [0.2, 0.25) is 0 Å². The van der Waals surface area contributed by atoms with Crippen LogP contribution in [0.3, 0.4) is 0 Å². The van der Waals surface area contributed by atoms with Crippen molar-refractivity contribution in [3.63, 3.8) is 0 Å². The molecule has 3 rings (SSSR count). The normalized spacial score (nSPS) is 22.2. The van der Waals surface area contributed by atoms with Crippen molar-refractivity contribution in [3.05, 3.63) is 36.7 Å². The molecule has 7 nitrogen and oxygen atoms in total. The average molecular weight is 317 g/mol. The van der Waals surface area contributed by atoms with Gasteiger partial charge in [-0.05, 0) is 20.3 Å². The number of aryl methyl sites for hydroxylation is 1. The van der Waals surface area contributed by atoms with Gasteiger partial charge >= 0.3 is 0 Å². The van der Waals surface area contributed by atoms with Crippen molar-refractivity contribution in [2.75, 3.05) is 6.61 Å². The molecule has 1 saturated heterocycles. The molecule has 1 amide bonds. The molecule has 1 aliphatic rings. The first-order valence-corrected chi connectivity index (χ1v) is 8.07. The maximum Gasteiger partial charge on any atom is 0.226 e. The maximum absolute atomic E-state index is 12.6. The zero-order valence-electron chi connectivity index (χ0n) is 13.6. The van der Waals surface area contributed by atoms with E-state index >= 15 is 0 Å². The Morgan fingerprint density at radius 3 is 3.13 bits per heavy atom. The molecule has 0 bridgehead atoms. The largest absolute Gasteiger partial charge is 0.373 e. The van der Waals surface area contributed by atoms with Crippen LogP contribution in [0.1, 0.15) is 31.9 Å². The van der Waals surface area contributed by atoms with Gasteiger partial charge in [0.15, 0.2) is 0 Å². The number of amides is 1. The highest BCUT2D eigenvalue weighted by Crippen LogP contribution is 2.34. The highest BCUT2D eigenvalue weighted by Gasteiger charge is 2.36. The lowest BCUT2D eigenvalue weighted by molar-refractivity contribution is -0.127. The molecule has 0 aliphatic carbocycles. The van der Waals surface area contributed by atoms with Crippen LogP contribution >= 0.6 is 0 Å². The molecule has 0 saturated carbocycles. The van der Waals surface area contributed by atoms with Crippen LogP contribution in [0, 0.1) is 5.92 Å². The molecule has 2 aromatic heterocycles. The third-order valence-corrected chi connectivity index (χ3v) is 4.17. The summed E-state index contributed by atoms with van der Waals surface area (Å²) in [6, 6.07) is 0.0383. The first-order chi connectivity index (χ1) is 11.2. The summed E-state index contributed by atoms with van der Waals surface area (Å²) in [5.74, 6) is -0.112. The molecule has 3 atom stereocenters. The summed E-state index contributed by atoms with van der Waals surface area (Å²) in [4.78, 5) is 16.6. The van der Waals surface area contributed by atoms with E-state index < -0.39 is 0 Å². The van der Waals surface area contributed by atoms with Crippen molar-refractivity contribution in [3.8, 4) is 0 Å². The summed E-state index contributed by atoms with van der Waals surface area (Å²) in [6.07, 6.45) is 9.69. The quantitative estimate of drug-likeness (QED) is 0.873. The number of nitrogens with zero attached hydrogens (tertiary/aromatic N) is 4. The van der Waals surface area contributed by atoms with Crippen molar-refractivity contribution >= 4 is 5.91 Å². The number of carbonyl (C=O) groups excluding carboxylic acids is 1. The number of ether oxygens (including phenoxy) is 1. The van der Waals surface area contributed by atoms with Crippen LogP contribution in [0.15, 0.2) is 31.1 Å². The van der Waals surface area contributed by atoms with Crippen LogP contribution in [-0.4, -0.2) is 37.9 Å². The van der Waals surface area contributed by atoms with E-state index in [9.17, 15) is 4.79 Å². The molecule has 7 heteroatoms. The van der Waals surface area contributed by atoms with E-state index in [2.05, 4.69) is 15.4 Å². The maximum atomic E-state index is 12.6. The second kappa shape index (κ2) is 6.95. The Hall–Kier alpha value is -2.15. The Morgan fingerprint density at radius 1 is 1.57 bits per heavy atom. The lowest BCUT2D eigenvalue weighted by atomic mass is 9.96. The molecule has 1 aliphatic heterocycles. The molecular formula is C16H23N5O2. The molecule has 1 unspecified atom stereocenters. The zero-order valence-corrected chi connectivity index (χ0v) is 13.6. The smallest absolute Gasteiger partial charge is 0.226 e. The van der Waals surface area contributed by atoms with Crippen LogP contribution in [0.4, 0.5) is 0 Å². The summed E-state index contributed by atoms with van der Waals surface area (Å²) < 4.78 is 9.60. The van der Waals surface area contributed by atoms with E-state index in [1.165, 1.54) is 0 Å². The Bertz CT molecular complexity index is 637. The lowest BCUT2D eigenvalue weighted by Gasteiger charge is -2.20. The molecule has 23 heavy (non-hydrogen) atoms. The summed E-state index contributed by atoms with van der Waals surface area (Å²) in [5.41, 5.74) is 0.978. The second-order valence-electron chi connectivity index (χ2n) is 5.99. The Balaban J connectivity index is 1.61. The first-order valence-electron chi connectivity index (χ1n) is 8.07. The molecule has 2 aromatic rings. The SMILES string of the molecule is CCn1cc([C@H]2OCC[C@@H]2C(=O)NC(C)Cn2ccnc2)cn1. The minimum atomic E-state index is -0.198. The topological polar surface area (TPSA) is 74.0 Å². The summed E-state index contributed by atoms with van der Waals surface area (Å²) in [5, 5.41) is 7.36. The van der Waals surface area contributed by atoms with E-state index in [-0.39, 0.29) is 24.0 Å². The lowest BCUT2D eigenvalue weighted by Crippen LogP contribution is -2.40. The van der Waals surface area contributed by atoms with E-state index in [1.807, 2.05) is 35.5 Å². The number of carbonyl (C=O) groups is 1. The number of hydrogen-bond acceptors (Lipinski definition) is 4. The average Bonchev–Trinajstić information content (AvgIpc) is 3.27. The van der Waals surface area contributed by atoms with Gasteiger partial charge in [-0.2, -0.15) is 5.10 Å². The fourth-order valence-corrected chi connectivity index (χ4v) is 2.99. The molecule has 3 heterocycles. The summed E-state index contributed by atoms with van der Waals surface area (Å²) in [7, 11) is 0. The van der Waals surface area contributed by atoms with Crippen LogP contribution < -0.4 is 5.32 Å². The van der Waals surface area contributed by atoms with Gasteiger partial charge < -0.3 is 14.6 Å². The predicted octanol–water partition coefficient (Wildman–Crippen LogP) is 1.38. The van der Waals surface area contributed by atoms with Gasteiger partial charge in [-0.25, -0.2) is 4.98 Å². The van der Waals surface area contributed by atoms with Crippen molar-refractivity contribution in [1.82, 2.24) is 24.6 Å². The van der Waals surface area contributed by atoms with Crippen molar-refractivity contribution in [1.29, 1.82) is 0 Å². The number of nitrogens with one attached hydrogen (secondary N) is 1. The van der Waals surface area contributed by atoms with Gasteiger partial charge in [0.25, 0.3) is 0 Å². The molecule has 124 valence electrons. The number of imidazole rings is 1. The standard InChI is InChI=1S/C16H23N5O2/c1-3-21-10-13(8-18-21)15-14(4-7-23-15)16(22)19-12(2)9-20-6-5-17-11-20/h5-6,8,10-12,14-15H,3-4,7,9H2,1-2H3,(H,19,22)/t12?,14-,15+/m0/s1. The molecule has 0 spiro atoms. The van der Waals surface area contributed by atoms with Gasteiger partial charge in [0.05, 0.1) is 24.5 Å². The van der Waals surface area contributed by atoms with E-state index in [0.717, 1.165) is 18.5 Å². The van der Waals surface area contributed by atoms with Crippen molar-refractivity contribution in [2.45, 2.75) is 45.5 Å². The fourth-order valence-electron chi connectivity index (χ4n) is 2.99. The summed E-state index contributed by atoms with van der Waals surface area (Å²) >= 11 is 0. The Labute approximate surface area is 135 Å². The van der Waals surface area contributed by atoms with Gasteiger partial charge in [-0.3, -0.25) is 9.48 Å². The van der Waals surface area contributed by atoms with Gasteiger partial charge in [0.1, 0.15) is 0 Å². The Morgan fingerprint density at radius 2 is 2.43 bits per heavy atom. The molecular weight excluding hydrogens is 294 g/mol. The molecule has 0 radical (unpaired) electrons. The minimum absolute atomic E-state index is 0.0383. The van der Waals surface area contributed by atoms with Gasteiger partial charge in [-0.15, -0.1) is 0 Å². The van der Waals surface area contributed by atoms with E-state index in [4.69, 9.17) is 4.74 Å². The van der Waals surface area contributed by atoms with Crippen LogP contribution in [0.25, 0.3) is 0 Å². The van der Waals surface area contributed by atoms with Crippen molar-refractivity contribution in [2.24, 2.45) is 5.92 Å². The molecule has 1 fully saturated rings. The third-order valence-electron chi connectivity index (χ3n) is 4.17. The molecule has 0 aromatic carbocycles. The zero-order chi connectivity index (χ0) is 16.2. The van der Waals surface area contributed by atoms with Crippen molar-refractivity contribution < 1.29 is 9.53 Å². The molecule has 1 N–H and O–H groups in total. The first kappa shape index (κ1) is 15.7. The number of hydrogen-bond donors (Lipinski definition) is 1. The summed E-state index contributed by atoms with van der Waals surface area (Å²) in [6.45, 7) is 6.16. The highest BCUT2D eigenvalue weighted by atomic mass is 16.5. The fraction of sp³-hybridized carbons (Fsp3) is 0.562. The van der Waals surface area contributed by atoms with Crippen LogP contribution in [-0.2, 0) is 22.6 Å². The van der Waals surface area contributed by atoms with E-state index in [1.54, 1.807) is 18.7 Å². The predicted molar refractivity (Wildman–Crippen MR) is 84.5 cm³/mol. The third kappa shape index (κ3) is 3.61. The number of rotatable bonds is 6. The van der Waals surface area contributed by atoms with Gasteiger partial charge in [0.2, 0.25) is 5.91 Å². The number of aromatic nitrogens is 4. The van der Waals surface area contributed by atoms with Gasteiger partial charge in [-0.1, -0.05) is 0 Å². The Kier molecular flexibility index (Phi) is 4.76. The minimum Gasteiger partial charge on any atom is -0.373 e. The second-order valence-corrected chi connectivity index (χ2v) is 5.99. The monoisotopic (exact) mass is 317 g/mol. The van der Waals surface area contributed by atoms with Crippen LogP contribution in [0.5, 0.6) is 0 Å².